The standard InChI is InChI=1S/C23H29N3O4/c1-16-7-5-8-17(13-16)14-21(28)26-19-10-6-9-18(15-19)25-20(27)11-12-24-22(29)30-23(2,3)4/h5-10,13,15H,11-12,14H2,1-4H3,(H,24,29)(H,25,27)(H,26,28). The van der Waals surface area contributed by atoms with E-state index in [0.29, 0.717) is 11.4 Å². The van der Waals surface area contributed by atoms with Crippen LogP contribution in [0.1, 0.15) is 38.3 Å². The van der Waals surface area contributed by atoms with Crippen molar-refractivity contribution < 1.29 is 19.1 Å². The number of aryl methyl sites for hydroxylation is 1. The van der Waals surface area contributed by atoms with Gasteiger partial charge in [-0.3, -0.25) is 9.59 Å². The van der Waals surface area contributed by atoms with E-state index in [1.807, 2.05) is 31.2 Å². The number of ether oxygens (including phenoxy) is 1. The first-order chi connectivity index (χ1) is 14.1. The summed E-state index contributed by atoms with van der Waals surface area (Å²) in [6, 6.07) is 14.7. The van der Waals surface area contributed by atoms with Gasteiger partial charge in [0.2, 0.25) is 11.8 Å². The van der Waals surface area contributed by atoms with Crippen LogP contribution in [0, 0.1) is 6.92 Å². The number of hydrogen-bond acceptors (Lipinski definition) is 4. The van der Waals surface area contributed by atoms with Crippen LogP contribution >= 0.6 is 0 Å². The molecule has 0 spiro atoms. The molecule has 0 saturated carbocycles. The SMILES string of the molecule is Cc1cccc(CC(=O)Nc2cccc(NC(=O)CCNC(=O)OC(C)(C)C)c2)c1. The molecule has 0 saturated heterocycles. The van der Waals surface area contributed by atoms with Crippen molar-refractivity contribution in [2.75, 3.05) is 17.2 Å². The lowest BCUT2D eigenvalue weighted by Gasteiger charge is -2.19. The Kier molecular flexibility index (Phi) is 7.98. The highest BCUT2D eigenvalue weighted by Crippen LogP contribution is 2.16. The highest BCUT2D eigenvalue weighted by atomic mass is 16.6. The molecule has 0 heterocycles. The Morgan fingerprint density at radius 1 is 0.900 bits per heavy atom. The van der Waals surface area contributed by atoms with E-state index in [4.69, 9.17) is 4.74 Å². The van der Waals surface area contributed by atoms with Crippen molar-refractivity contribution in [3.63, 3.8) is 0 Å². The lowest BCUT2D eigenvalue weighted by molar-refractivity contribution is -0.116. The molecule has 0 bridgehead atoms. The van der Waals surface area contributed by atoms with Crippen molar-refractivity contribution in [1.82, 2.24) is 5.32 Å². The lowest BCUT2D eigenvalue weighted by atomic mass is 10.1. The summed E-state index contributed by atoms with van der Waals surface area (Å²) in [5.74, 6) is -0.389. The smallest absolute Gasteiger partial charge is 0.407 e. The minimum Gasteiger partial charge on any atom is -0.444 e. The second-order valence-electron chi connectivity index (χ2n) is 8.02. The number of rotatable bonds is 7. The summed E-state index contributed by atoms with van der Waals surface area (Å²) >= 11 is 0. The van der Waals surface area contributed by atoms with Gasteiger partial charge in [0.05, 0.1) is 6.42 Å². The van der Waals surface area contributed by atoms with E-state index >= 15 is 0 Å². The molecule has 0 unspecified atom stereocenters. The van der Waals surface area contributed by atoms with Crippen LogP contribution < -0.4 is 16.0 Å². The first kappa shape index (κ1) is 22.9. The molecular formula is C23H29N3O4. The van der Waals surface area contributed by atoms with E-state index in [1.165, 1.54) is 0 Å². The van der Waals surface area contributed by atoms with Crippen molar-refractivity contribution in [1.29, 1.82) is 0 Å². The molecule has 160 valence electrons. The van der Waals surface area contributed by atoms with Gasteiger partial charge in [-0.15, -0.1) is 0 Å². The average Bonchev–Trinajstić information content (AvgIpc) is 2.60. The molecule has 7 heteroatoms. The molecule has 7 nitrogen and oxygen atoms in total. The van der Waals surface area contributed by atoms with Crippen LogP contribution in [-0.4, -0.2) is 30.1 Å². The van der Waals surface area contributed by atoms with Gasteiger partial charge < -0.3 is 20.7 Å². The molecule has 2 aromatic rings. The third kappa shape index (κ3) is 8.77. The second kappa shape index (κ2) is 10.4. The minimum absolute atomic E-state index is 0.100. The van der Waals surface area contributed by atoms with Gasteiger partial charge in [0.1, 0.15) is 5.60 Å². The molecule has 0 aliphatic rings. The number of carbonyl (C=O) groups excluding carboxylic acids is 3. The predicted molar refractivity (Wildman–Crippen MR) is 117 cm³/mol. The van der Waals surface area contributed by atoms with E-state index in [0.717, 1.165) is 11.1 Å². The molecular weight excluding hydrogens is 382 g/mol. The maximum Gasteiger partial charge on any atom is 0.407 e. The zero-order chi connectivity index (χ0) is 22.1. The second-order valence-corrected chi connectivity index (χ2v) is 8.02. The summed E-state index contributed by atoms with van der Waals surface area (Å²) in [4.78, 5) is 36.0. The summed E-state index contributed by atoms with van der Waals surface area (Å²) in [5.41, 5.74) is 2.61. The molecule has 0 fully saturated rings. The molecule has 3 amide bonds. The van der Waals surface area contributed by atoms with Gasteiger partial charge in [-0.1, -0.05) is 35.9 Å². The van der Waals surface area contributed by atoms with Crippen LogP contribution in [0.25, 0.3) is 0 Å². The van der Waals surface area contributed by atoms with Crippen LogP contribution in [0.15, 0.2) is 48.5 Å². The zero-order valence-corrected chi connectivity index (χ0v) is 17.9. The quantitative estimate of drug-likeness (QED) is 0.641. The van der Waals surface area contributed by atoms with E-state index in [9.17, 15) is 14.4 Å². The highest BCUT2D eigenvalue weighted by Gasteiger charge is 2.16. The Bertz CT molecular complexity index is 903. The largest absolute Gasteiger partial charge is 0.444 e. The van der Waals surface area contributed by atoms with Gasteiger partial charge in [-0.05, 0) is 51.5 Å². The highest BCUT2D eigenvalue weighted by molar-refractivity contribution is 5.95. The van der Waals surface area contributed by atoms with Gasteiger partial charge in [0, 0.05) is 24.3 Å². The number of carbonyl (C=O) groups is 3. The number of hydrogen-bond donors (Lipinski definition) is 3. The van der Waals surface area contributed by atoms with Crippen LogP contribution in [0.3, 0.4) is 0 Å². The number of amides is 3. The maximum atomic E-state index is 12.3. The molecule has 3 N–H and O–H groups in total. The van der Waals surface area contributed by atoms with Crippen molar-refractivity contribution in [3.05, 3.63) is 59.7 Å². The molecule has 0 aliphatic carbocycles. The fraction of sp³-hybridized carbons (Fsp3) is 0.348. The fourth-order valence-electron chi connectivity index (χ4n) is 2.70. The van der Waals surface area contributed by atoms with Crippen molar-refractivity contribution in [2.45, 2.75) is 46.1 Å². The van der Waals surface area contributed by atoms with Gasteiger partial charge in [0.15, 0.2) is 0 Å². The van der Waals surface area contributed by atoms with Crippen molar-refractivity contribution in [3.8, 4) is 0 Å². The third-order valence-corrected chi connectivity index (χ3v) is 3.90. The molecule has 0 radical (unpaired) electrons. The first-order valence-corrected chi connectivity index (χ1v) is 9.83. The van der Waals surface area contributed by atoms with Crippen LogP contribution in [-0.2, 0) is 20.7 Å². The van der Waals surface area contributed by atoms with E-state index < -0.39 is 11.7 Å². The Morgan fingerprint density at radius 3 is 2.17 bits per heavy atom. The van der Waals surface area contributed by atoms with E-state index in [1.54, 1.807) is 45.0 Å². The van der Waals surface area contributed by atoms with Crippen molar-refractivity contribution >= 4 is 29.3 Å². The molecule has 0 aliphatic heterocycles. The molecule has 2 rings (SSSR count). The number of anilines is 2. The first-order valence-electron chi connectivity index (χ1n) is 9.83. The van der Waals surface area contributed by atoms with Gasteiger partial charge in [-0.2, -0.15) is 0 Å². The Balaban J connectivity index is 1.81. The lowest BCUT2D eigenvalue weighted by Crippen LogP contribution is -2.34. The number of alkyl carbamates (subject to hydrolysis) is 1. The van der Waals surface area contributed by atoms with Crippen LogP contribution in [0.4, 0.5) is 16.2 Å². The average molecular weight is 412 g/mol. The molecule has 0 atom stereocenters. The molecule has 0 aromatic heterocycles. The minimum atomic E-state index is -0.587. The van der Waals surface area contributed by atoms with Gasteiger partial charge >= 0.3 is 6.09 Å². The van der Waals surface area contributed by atoms with Crippen molar-refractivity contribution in [2.24, 2.45) is 0 Å². The monoisotopic (exact) mass is 411 g/mol. The maximum absolute atomic E-state index is 12.3. The Hall–Kier alpha value is -3.35. The molecule has 2 aromatic carbocycles. The summed E-state index contributed by atoms with van der Waals surface area (Å²) in [6.45, 7) is 7.45. The summed E-state index contributed by atoms with van der Waals surface area (Å²) in [5, 5.41) is 8.13. The van der Waals surface area contributed by atoms with Gasteiger partial charge in [-0.25, -0.2) is 4.79 Å². The zero-order valence-electron chi connectivity index (χ0n) is 17.9. The fourth-order valence-corrected chi connectivity index (χ4v) is 2.70. The Morgan fingerprint density at radius 2 is 1.53 bits per heavy atom. The number of nitrogens with one attached hydrogen (secondary N) is 3. The van der Waals surface area contributed by atoms with E-state index in [-0.39, 0.29) is 31.2 Å². The predicted octanol–water partition coefficient (Wildman–Crippen LogP) is 4.03. The summed E-state index contributed by atoms with van der Waals surface area (Å²) in [6.07, 6.45) is -0.189. The van der Waals surface area contributed by atoms with Crippen LogP contribution in [0.2, 0.25) is 0 Å². The molecule has 30 heavy (non-hydrogen) atoms. The van der Waals surface area contributed by atoms with Crippen LogP contribution in [0.5, 0.6) is 0 Å². The third-order valence-electron chi connectivity index (χ3n) is 3.90. The summed E-state index contributed by atoms with van der Waals surface area (Å²) < 4.78 is 5.12. The topological polar surface area (TPSA) is 96.5 Å². The van der Waals surface area contributed by atoms with E-state index in [2.05, 4.69) is 16.0 Å². The normalized spacial score (nSPS) is 10.8. The summed E-state index contributed by atoms with van der Waals surface area (Å²) in [7, 11) is 0. The van der Waals surface area contributed by atoms with Gasteiger partial charge in [0.25, 0.3) is 0 Å². The number of benzene rings is 2. The Labute approximate surface area is 177 Å².